The molecule has 0 aliphatic carbocycles. The number of nitrogens with one attached hydrogen (secondary N) is 2. The Morgan fingerprint density at radius 3 is 3.00 bits per heavy atom. The summed E-state index contributed by atoms with van der Waals surface area (Å²) < 4.78 is 5.12. The molecule has 0 aromatic carbocycles. The van der Waals surface area contributed by atoms with Crippen LogP contribution in [-0.2, 0) is 5.60 Å². The third-order valence-electron chi connectivity index (χ3n) is 2.48. The highest BCUT2D eigenvalue weighted by atomic mass is 32.1. The van der Waals surface area contributed by atoms with Gasteiger partial charge in [0.15, 0.2) is 5.13 Å². The van der Waals surface area contributed by atoms with E-state index in [0.29, 0.717) is 10.9 Å². The number of aliphatic hydroxyl groups is 1. The van der Waals surface area contributed by atoms with Crippen LogP contribution in [-0.4, -0.2) is 22.7 Å². The van der Waals surface area contributed by atoms with Gasteiger partial charge in [0.25, 0.3) is 0 Å². The highest BCUT2D eigenvalue weighted by Gasteiger charge is 2.26. The Labute approximate surface area is 114 Å². The Morgan fingerprint density at radius 1 is 1.63 bits per heavy atom. The normalized spacial score (nSPS) is 13.8. The summed E-state index contributed by atoms with van der Waals surface area (Å²) in [7, 11) is 0. The van der Waals surface area contributed by atoms with E-state index in [1.165, 1.54) is 17.6 Å². The lowest BCUT2D eigenvalue weighted by Crippen LogP contribution is -2.40. The second-order valence-electron chi connectivity index (χ2n) is 4.35. The molecule has 0 aliphatic rings. The van der Waals surface area contributed by atoms with Gasteiger partial charge in [-0.1, -0.05) is 0 Å². The summed E-state index contributed by atoms with van der Waals surface area (Å²) in [5.74, 6) is 0.401. The van der Waals surface area contributed by atoms with Gasteiger partial charge in [-0.3, -0.25) is 5.32 Å². The number of thiazole rings is 1. The number of carbonyl (C=O) groups is 1. The van der Waals surface area contributed by atoms with E-state index >= 15 is 0 Å². The Morgan fingerprint density at radius 2 is 2.42 bits per heavy atom. The minimum Gasteiger partial charge on any atom is -0.466 e. The molecular formula is C12H15N3O3S. The highest BCUT2D eigenvalue weighted by Crippen LogP contribution is 2.20. The molecule has 0 bridgehead atoms. The summed E-state index contributed by atoms with van der Waals surface area (Å²) in [6.45, 7) is 3.46. The largest absolute Gasteiger partial charge is 0.466 e. The zero-order valence-electron chi connectivity index (χ0n) is 10.6. The number of rotatable bonds is 4. The van der Waals surface area contributed by atoms with Crippen LogP contribution in [0.25, 0.3) is 0 Å². The molecule has 0 saturated heterocycles. The number of amides is 2. The Bertz CT molecular complexity index is 548. The van der Waals surface area contributed by atoms with Crippen molar-refractivity contribution in [2.45, 2.75) is 19.4 Å². The summed E-state index contributed by atoms with van der Waals surface area (Å²) in [5.41, 5.74) is -0.400. The number of nitrogens with zero attached hydrogens (tertiary/aromatic N) is 1. The smallest absolute Gasteiger partial charge is 0.321 e. The lowest BCUT2D eigenvalue weighted by molar-refractivity contribution is 0.0372. The molecular weight excluding hydrogens is 266 g/mol. The first kappa shape index (κ1) is 13.6. The van der Waals surface area contributed by atoms with Gasteiger partial charge in [0.1, 0.15) is 11.4 Å². The monoisotopic (exact) mass is 281 g/mol. The van der Waals surface area contributed by atoms with Crippen LogP contribution in [0.2, 0.25) is 0 Å². The van der Waals surface area contributed by atoms with E-state index in [9.17, 15) is 9.90 Å². The van der Waals surface area contributed by atoms with Crippen molar-refractivity contribution in [2.24, 2.45) is 0 Å². The van der Waals surface area contributed by atoms with Gasteiger partial charge < -0.3 is 14.8 Å². The third kappa shape index (κ3) is 3.55. The quantitative estimate of drug-likeness (QED) is 0.800. The van der Waals surface area contributed by atoms with E-state index in [1.54, 1.807) is 19.1 Å². The van der Waals surface area contributed by atoms with Gasteiger partial charge in [-0.2, -0.15) is 0 Å². The van der Waals surface area contributed by atoms with Crippen LogP contribution >= 0.6 is 11.3 Å². The fourth-order valence-electron chi connectivity index (χ4n) is 1.48. The van der Waals surface area contributed by atoms with Gasteiger partial charge in [0, 0.05) is 5.38 Å². The molecule has 6 nitrogen and oxygen atoms in total. The van der Waals surface area contributed by atoms with Crippen LogP contribution in [0.1, 0.15) is 18.4 Å². The highest BCUT2D eigenvalue weighted by molar-refractivity contribution is 7.13. The van der Waals surface area contributed by atoms with E-state index in [2.05, 4.69) is 15.6 Å². The Kier molecular flexibility index (Phi) is 3.87. The lowest BCUT2D eigenvalue weighted by atomic mass is 10.0. The van der Waals surface area contributed by atoms with Gasteiger partial charge >= 0.3 is 6.03 Å². The molecule has 1 unspecified atom stereocenters. The SMILES string of the molecule is Cc1csc(NC(=O)NCC(C)(O)c2ccco2)n1. The average molecular weight is 281 g/mol. The van der Waals surface area contributed by atoms with E-state index in [1.807, 2.05) is 12.3 Å². The van der Waals surface area contributed by atoms with Gasteiger partial charge in [-0.25, -0.2) is 9.78 Å². The summed E-state index contributed by atoms with van der Waals surface area (Å²) in [5, 5.41) is 17.7. The van der Waals surface area contributed by atoms with Crippen molar-refractivity contribution >= 4 is 22.5 Å². The van der Waals surface area contributed by atoms with E-state index in [0.717, 1.165) is 5.69 Å². The molecule has 2 aromatic heterocycles. The van der Waals surface area contributed by atoms with Crippen LogP contribution in [0, 0.1) is 6.92 Å². The first-order chi connectivity index (χ1) is 8.97. The molecule has 7 heteroatoms. The van der Waals surface area contributed by atoms with Crippen molar-refractivity contribution in [1.29, 1.82) is 0 Å². The van der Waals surface area contributed by atoms with Gasteiger partial charge in [-0.15, -0.1) is 11.3 Å². The molecule has 1 atom stereocenters. The summed E-state index contributed by atoms with van der Waals surface area (Å²) in [6.07, 6.45) is 1.47. The van der Waals surface area contributed by atoms with Crippen LogP contribution in [0.5, 0.6) is 0 Å². The van der Waals surface area contributed by atoms with Crippen molar-refractivity contribution in [1.82, 2.24) is 10.3 Å². The summed E-state index contributed by atoms with van der Waals surface area (Å²) in [6, 6.07) is 2.92. The number of urea groups is 1. The maximum absolute atomic E-state index is 11.6. The second kappa shape index (κ2) is 5.41. The van der Waals surface area contributed by atoms with Gasteiger partial charge in [-0.05, 0) is 26.0 Å². The van der Waals surface area contributed by atoms with E-state index in [4.69, 9.17) is 4.42 Å². The first-order valence-electron chi connectivity index (χ1n) is 5.71. The summed E-state index contributed by atoms with van der Waals surface area (Å²) in [4.78, 5) is 15.8. The Hall–Kier alpha value is -1.86. The van der Waals surface area contributed by atoms with Crippen LogP contribution in [0.3, 0.4) is 0 Å². The van der Waals surface area contributed by atoms with Gasteiger partial charge in [0.2, 0.25) is 0 Å². The fraction of sp³-hybridized carbons (Fsp3) is 0.333. The number of hydrogen-bond acceptors (Lipinski definition) is 5. The van der Waals surface area contributed by atoms with Crippen molar-refractivity contribution in [2.75, 3.05) is 11.9 Å². The molecule has 2 aromatic rings. The standard InChI is InChI=1S/C12H15N3O3S/c1-8-6-19-11(14-8)15-10(16)13-7-12(2,17)9-4-3-5-18-9/h3-6,17H,7H2,1-2H3,(H2,13,14,15,16). The molecule has 0 radical (unpaired) electrons. The van der Waals surface area contributed by atoms with Crippen molar-refractivity contribution in [3.05, 3.63) is 35.2 Å². The molecule has 2 amide bonds. The third-order valence-corrected chi connectivity index (χ3v) is 3.36. The zero-order valence-corrected chi connectivity index (χ0v) is 11.5. The average Bonchev–Trinajstić information content (AvgIpc) is 2.98. The molecule has 3 N–H and O–H groups in total. The van der Waals surface area contributed by atoms with Crippen LogP contribution in [0.15, 0.2) is 28.2 Å². The molecule has 0 saturated carbocycles. The topological polar surface area (TPSA) is 87.4 Å². The minimum atomic E-state index is -1.25. The number of aryl methyl sites for hydroxylation is 1. The van der Waals surface area contributed by atoms with Gasteiger partial charge in [0.05, 0.1) is 18.5 Å². The number of anilines is 1. The predicted molar refractivity (Wildman–Crippen MR) is 72.2 cm³/mol. The fourth-order valence-corrected chi connectivity index (χ4v) is 2.16. The van der Waals surface area contributed by atoms with Crippen molar-refractivity contribution in [3.8, 4) is 0 Å². The molecule has 0 spiro atoms. The van der Waals surface area contributed by atoms with E-state index in [-0.39, 0.29) is 6.54 Å². The molecule has 102 valence electrons. The lowest BCUT2D eigenvalue weighted by Gasteiger charge is -2.20. The van der Waals surface area contributed by atoms with Crippen molar-refractivity contribution < 1.29 is 14.3 Å². The molecule has 0 fully saturated rings. The number of hydrogen-bond donors (Lipinski definition) is 3. The number of furan rings is 1. The van der Waals surface area contributed by atoms with Crippen molar-refractivity contribution in [3.63, 3.8) is 0 Å². The second-order valence-corrected chi connectivity index (χ2v) is 5.21. The van der Waals surface area contributed by atoms with E-state index < -0.39 is 11.6 Å². The maximum Gasteiger partial charge on any atom is 0.321 e. The van der Waals surface area contributed by atoms with Crippen LogP contribution < -0.4 is 10.6 Å². The molecule has 2 rings (SSSR count). The number of aromatic nitrogens is 1. The first-order valence-corrected chi connectivity index (χ1v) is 6.59. The summed E-state index contributed by atoms with van der Waals surface area (Å²) >= 11 is 1.34. The minimum absolute atomic E-state index is 0.0384. The number of carbonyl (C=O) groups excluding carboxylic acids is 1. The zero-order chi connectivity index (χ0) is 13.9. The maximum atomic E-state index is 11.6. The molecule has 2 heterocycles. The van der Waals surface area contributed by atoms with Crippen LogP contribution in [0.4, 0.5) is 9.93 Å². The predicted octanol–water partition coefficient (Wildman–Crippen LogP) is 2.07. The Balaban J connectivity index is 1.87. The molecule has 0 aliphatic heterocycles. The molecule has 19 heavy (non-hydrogen) atoms.